The van der Waals surface area contributed by atoms with Gasteiger partial charge in [0.25, 0.3) is 0 Å². The van der Waals surface area contributed by atoms with Crippen molar-refractivity contribution in [2.45, 2.75) is 25.5 Å². The van der Waals surface area contributed by atoms with Crippen LogP contribution in [0.3, 0.4) is 0 Å². The summed E-state index contributed by atoms with van der Waals surface area (Å²) in [5.74, 6) is -0.525. The van der Waals surface area contributed by atoms with Crippen LogP contribution in [0.25, 0.3) is 0 Å². The van der Waals surface area contributed by atoms with E-state index in [0.29, 0.717) is 17.7 Å². The molecule has 96 valence electrons. The zero-order valence-electron chi connectivity index (χ0n) is 9.66. The second-order valence-corrected chi connectivity index (χ2v) is 6.47. The molecule has 0 aliphatic heterocycles. The normalized spacial score (nSPS) is 11.5. The van der Waals surface area contributed by atoms with Crippen LogP contribution in [-0.2, 0) is 21.2 Å². The lowest BCUT2D eigenvalue weighted by Gasteiger charge is -2.10. The van der Waals surface area contributed by atoms with Crippen LogP contribution < -0.4 is 4.74 Å². The first-order valence-corrected chi connectivity index (χ1v) is 7.63. The number of benzene rings is 1. The topological polar surface area (TPSA) is 43.4 Å². The first-order valence-electron chi connectivity index (χ1n) is 5.15. The molecule has 0 amide bonds. The summed E-state index contributed by atoms with van der Waals surface area (Å²) in [7, 11) is 2.83. The van der Waals surface area contributed by atoms with E-state index in [2.05, 4.69) is 0 Å². The molecule has 0 spiro atoms. The monoisotopic (exact) mass is 280 g/mol. The minimum absolute atomic E-state index is 0.236. The molecule has 0 unspecified atom stereocenters. The van der Waals surface area contributed by atoms with Crippen LogP contribution in [0.4, 0.5) is 4.39 Å². The molecule has 0 aliphatic carbocycles. The average Bonchev–Trinajstić information content (AvgIpc) is 2.20. The van der Waals surface area contributed by atoms with E-state index in [1.54, 1.807) is 0 Å². The fourth-order valence-corrected chi connectivity index (χ4v) is 2.54. The van der Waals surface area contributed by atoms with E-state index < -0.39 is 20.6 Å². The first kappa shape index (κ1) is 14.3. The van der Waals surface area contributed by atoms with Gasteiger partial charge in [-0.1, -0.05) is 13.3 Å². The van der Waals surface area contributed by atoms with Gasteiger partial charge in [-0.25, -0.2) is 12.8 Å². The minimum atomic E-state index is -3.73. The predicted molar refractivity (Wildman–Crippen MR) is 65.4 cm³/mol. The van der Waals surface area contributed by atoms with Crippen molar-refractivity contribution in [3.63, 3.8) is 0 Å². The zero-order chi connectivity index (χ0) is 13.1. The molecule has 0 fully saturated rings. The highest BCUT2D eigenvalue weighted by Gasteiger charge is 2.15. The van der Waals surface area contributed by atoms with Crippen molar-refractivity contribution in [1.29, 1.82) is 0 Å². The largest absolute Gasteiger partial charge is 0.496 e. The number of rotatable bonds is 5. The van der Waals surface area contributed by atoms with Gasteiger partial charge in [-0.2, -0.15) is 0 Å². The van der Waals surface area contributed by atoms with E-state index in [1.807, 2.05) is 6.92 Å². The van der Waals surface area contributed by atoms with Crippen LogP contribution in [0, 0.1) is 5.82 Å². The van der Waals surface area contributed by atoms with Crippen molar-refractivity contribution in [2.24, 2.45) is 0 Å². The van der Waals surface area contributed by atoms with Crippen molar-refractivity contribution in [3.05, 3.63) is 29.1 Å². The number of methoxy groups -OCH3 is 1. The molecule has 0 heterocycles. The van der Waals surface area contributed by atoms with Gasteiger partial charge in [-0.3, -0.25) is 0 Å². The second-order valence-electron chi connectivity index (χ2n) is 3.69. The third kappa shape index (κ3) is 4.16. The maximum atomic E-state index is 13.6. The highest BCUT2D eigenvalue weighted by atomic mass is 35.7. The highest BCUT2D eigenvalue weighted by Crippen LogP contribution is 2.26. The molecule has 0 saturated carbocycles. The fraction of sp³-hybridized carbons (Fsp3) is 0.455. The van der Waals surface area contributed by atoms with E-state index in [1.165, 1.54) is 19.2 Å². The maximum absolute atomic E-state index is 13.6. The van der Waals surface area contributed by atoms with Gasteiger partial charge < -0.3 is 4.74 Å². The molecule has 0 radical (unpaired) electrons. The predicted octanol–water partition coefficient (Wildman–Crippen LogP) is 2.86. The van der Waals surface area contributed by atoms with Crippen LogP contribution in [0.15, 0.2) is 12.1 Å². The fourth-order valence-electron chi connectivity index (χ4n) is 1.59. The Morgan fingerprint density at radius 1 is 1.35 bits per heavy atom. The summed E-state index contributed by atoms with van der Waals surface area (Å²) in [5, 5.41) is 0. The Morgan fingerprint density at radius 2 is 2.00 bits per heavy atom. The van der Waals surface area contributed by atoms with E-state index in [-0.39, 0.29) is 5.56 Å². The number of ether oxygens (including phenoxy) is 1. The average molecular weight is 281 g/mol. The summed E-state index contributed by atoms with van der Waals surface area (Å²) in [6, 6.07) is 2.69. The van der Waals surface area contributed by atoms with Crippen LogP contribution >= 0.6 is 10.7 Å². The Balaban J connectivity index is 3.18. The second kappa shape index (κ2) is 5.69. The molecule has 0 atom stereocenters. The number of aryl methyl sites for hydroxylation is 1. The summed E-state index contributed by atoms with van der Waals surface area (Å²) in [6.45, 7) is 1.93. The molecule has 0 bridgehead atoms. The van der Waals surface area contributed by atoms with Gasteiger partial charge >= 0.3 is 0 Å². The molecule has 17 heavy (non-hydrogen) atoms. The highest BCUT2D eigenvalue weighted by molar-refractivity contribution is 8.13. The van der Waals surface area contributed by atoms with Crippen molar-refractivity contribution in [2.75, 3.05) is 7.11 Å². The summed E-state index contributed by atoms with van der Waals surface area (Å²) >= 11 is 0. The smallest absolute Gasteiger partial charge is 0.236 e. The summed E-state index contributed by atoms with van der Waals surface area (Å²) in [6.07, 6.45) is 1.38. The van der Waals surface area contributed by atoms with Crippen LogP contribution in [0.1, 0.15) is 24.5 Å². The van der Waals surface area contributed by atoms with Gasteiger partial charge in [0.15, 0.2) is 0 Å². The minimum Gasteiger partial charge on any atom is -0.496 e. The molecule has 3 nitrogen and oxygen atoms in total. The van der Waals surface area contributed by atoms with Crippen LogP contribution in [0.5, 0.6) is 5.75 Å². The SMILES string of the molecule is CCCc1cc(OC)c(CS(=O)(=O)Cl)cc1F. The lowest BCUT2D eigenvalue weighted by atomic mass is 10.1. The molecule has 0 saturated heterocycles. The maximum Gasteiger partial charge on any atom is 0.236 e. The van der Waals surface area contributed by atoms with E-state index >= 15 is 0 Å². The summed E-state index contributed by atoms with van der Waals surface area (Å²) in [5.41, 5.74) is 0.750. The standard InChI is InChI=1S/C11H14ClFO3S/c1-3-4-8-6-11(16-2)9(5-10(8)13)7-17(12,14)15/h5-6H,3-4,7H2,1-2H3. The third-order valence-corrected chi connectivity index (χ3v) is 3.28. The zero-order valence-corrected chi connectivity index (χ0v) is 11.2. The van der Waals surface area contributed by atoms with Gasteiger partial charge in [0.2, 0.25) is 9.05 Å². The lowest BCUT2D eigenvalue weighted by Crippen LogP contribution is -2.02. The molecular formula is C11H14ClFO3S. The van der Waals surface area contributed by atoms with Crippen molar-refractivity contribution in [3.8, 4) is 5.75 Å². The molecule has 0 N–H and O–H groups in total. The first-order chi connectivity index (χ1) is 7.87. The Bertz CT molecular complexity index is 500. The van der Waals surface area contributed by atoms with Crippen LogP contribution in [0.2, 0.25) is 0 Å². The quantitative estimate of drug-likeness (QED) is 0.779. The molecule has 0 aromatic heterocycles. The molecule has 1 aromatic carbocycles. The Kier molecular flexibility index (Phi) is 4.77. The van der Waals surface area contributed by atoms with Gasteiger partial charge in [-0.05, 0) is 24.1 Å². The van der Waals surface area contributed by atoms with Crippen LogP contribution in [-0.4, -0.2) is 15.5 Å². The summed E-state index contributed by atoms with van der Waals surface area (Å²) < 4.78 is 40.6. The molecular weight excluding hydrogens is 267 g/mol. The number of hydrogen-bond acceptors (Lipinski definition) is 3. The van der Waals surface area contributed by atoms with E-state index in [4.69, 9.17) is 15.4 Å². The lowest BCUT2D eigenvalue weighted by molar-refractivity contribution is 0.408. The Morgan fingerprint density at radius 3 is 2.47 bits per heavy atom. The van der Waals surface area contributed by atoms with E-state index in [9.17, 15) is 12.8 Å². The van der Waals surface area contributed by atoms with Crippen molar-refractivity contribution in [1.82, 2.24) is 0 Å². The molecule has 6 heteroatoms. The van der Waals surface area contributed by atoms with Gasteiger partial charge in [0.1, 0.15) is 11.6 Å². The van der Waals surface area contributed by atoms with Crippen molar-refractivity contribution < 1.29 is 17.5 Å². The van der Waals surface area contributed by atoms with Crippen molar-refractivity contribution >= 4 is 19.7 Å². The summed E-state index contributed by atoms with van der Waals surface area (Å²) in [4.78, 5) is 0. The molecule has 1 rings (SSSR count). The number of hydrogen-bond donors (Lipinski definition) is 0. The third-order valence-electron chi connectivity index (χ3n) is 2.30. The Hall–Kier alpha value is -0.810. The van der Waals surface area contributed by atoms with Gasteiger partial charge in [0, 0.05) is 16.2 Å². The number of halogens is 2. The molecule has 0 aliphatic rings. The van der Waals surface area contributed by atoms with Gasteiger partial charge in [-0.15, -0.1) is 0 Å². The van der Waals surface area contributed by atoms with E-state index in [0.717, 1.165) is 6.42 Å². The Labute approximate surface area is 105 Å². The molecule has 1 aromatic rings. The van der Waals surface area contributed by atoms with Gasteiger partial charge in [0.05, 0.1) is 12.9 Å².